The van der Waals surface area contributed by atoms with Crippen molar-refractivity contribution in [3.8, 4) is 0 Å². The zero-order valence-corrected chi connectivity index (χ0v) is 11.5. The van der Waals surface area contributed by atoms with Crippen LogP contribution in [0.2, 0.25) is 31.7 Å². The van der Waals surface area contributed by atoms with Crippen molar-refractivity contribution in [2.75, 3.05) is 0 Å². The lowest BCUT2D eigenvalue weighted by Gasteiger charge is -2.25. The van der Waals surface area contributed by atoms with Gasteiger partial charge in [0.1, 0.15) is 0 Å². The van der Waals surface area contributed by atoms with Gasteiger partial charge in [0.15, 0.2) is 17.4 Å². The molecule has 0 fully saturated rings. The Morgan fingerprint density at radius 2 is 1.42 bits per heavy atom. The summed E-state index contributed by atoms with van der Waals surface area (Å²) in [5.41, 5.74) is 0. The lowest BCUT2D eigenvalue weighted by molar-refractivity contribution is 0.559. The molecule has 0 saturated carbocycles. The summed E-state index contributed by atoms with van der Waals surface area (Å²) < 4.78 is 6.20. The lowest BCUT2D eigenvalue weighted by Crippen LogP contribution is -2.34. The van der Waals surface area contributed by atoms with Crippen LogP contribution >= 0.6 is 0 Å². The predicted molar refractivity (Wildman–Crippen MR) is 61.8 cm³/mol. The van der Waals surface area contributed by atoms with Crippen LogP contribution in [0.5, 0.6) is 0 Å². The molecule has 0 atom stereocenters. The predicted octanol–water partition coefficient (Wildman–Crippen LogP) is 3.38. The average Bonchev–Trinajstić information content (AvgIpc) is 1.84. The summed E-state index contributed by atoms with van der Waals surface area (Å²) in [6.45, 7) is 11.4. The van der Waals surface area contributed by atoms with Gasteiger partial charge in [-0.3, -0.25) is 0 Å². The largest absolute Gasteiger partial charge is 0.458 e. The van der Waals surface area contributed by atoms with Crippen molar-refractivity contribution in [3.05, 3.63) is 0 Å². The monoisotopic (exact) mass is 204 g/mol. The van der Waals surface area contributed by atoms with Crippen LogP contribution in [-0.2, 0) is 4.12 Å². The highest BCUT2D eigenvalue weighted by atomic mass is 28.4. The SMILES string of the molecule is CCC[SiH](CCC)O[Si](C)(C)C. The molecular weight excluding hydrogens is 180 g/mol. The van der Waals surface area contributed by atoms with Gasteiger partial charge in [0.05, 0.1) is 0 Å². The molecule has 0 bridgehead atoms. The average molecular weight is 204 g/mol. The summed E-state index contributed by atoms with van der Waals surface area (Å²) in [5, 5.41) is 0. The molecule has 0 aromatic heterocycles. The molecule has 0 aromatic rings. The van der Waals surface area contributed by atoms with Crippen molar-refractivity contribution in [2.45, 2.75) is 58.4 Å². The Labute approximate surface area is 80.4 Å². The van der Waals surface area contributed by atoms with Gasteiger partial charge in [0.25, 0.3) is 0 Å². The van der Waals surface area contributed by atoms with Crippen LogP contribution in [0.4, 0.5) is 0 Å². The number of rotatable bonds is 6. The van der Waals surface area contributed by atoms with Gasteiger partial charge in [-0.05, 0) is 31.7 Å². The fourth-order valence-corrected chi connectivity index (χ4v) is 7.93. The van der Waals surface area contributed by atoms with Crippen molar-refractivity contribution >= 4 is 17.4 Å². The maximum absolute atomic E-state index is 6.20. The van der Waals surface area contributed by atoms with E-state index in [1.807, 2.05) is 0 Å². The van der Waals surface area contributed by atoms with Gasteiger partial charge in [0, 0.05) is 0 Å². The van der Waals surface area contributed by atoms with Gasteiger partial charge in [-0.2, -0.15) is 0 Å². The molecule has 0 amide bonds. The first-order valence-corrected chi connectivity index (χ1v) is 10.7. The van der Waals surface area contributed by atoms with Crippen LogP contribution in [0.25, 0.3) is 0 Å². The van der Waals surface area contributed by atoms with Crippen LogP contribution in [0.1, 0.15) is 26.7 Å². The quantitative estimate of drug-likeness (QED) is 0.603. The minimum absolute atomic E-state index is 0.797. The molecule has 0 N–H and O–H groups in total. The molecule has 0 spiro atoms. The van der Waals surface area contributed by atoms with Crippen molar-refractivity contribution in [2.24, 2.45) is 0 Å². The fraction of sp³-hybridized carbons (Fsp3) is 1.00. The van der Waals surface area contributed by atoms with E-state index in [0.717, 1.165) is 0 Å². The summed E-state index contributed by atoms with van der Waals surface area (Å²) in [6, 6.07) is 2.75. The number of hydrogen-bond acceptors (Lipinski definition) is 1. The summed E-state index contributed by atoms with van der Waals surface area (Å²) in [4.78, 5) is 0. The Kier molecular flexibility index (Phi) is 6.14. The Morgan fingerprint density at radius 3 is 1.67 bits per heavy atom. The first-order chi connectivity index (χ1) is 5.49. The number of hydrogen-bond donors (Lipinski definition) is 0. The van der Waals surface area contributed by atoms with E-state index in [0.29, 0.717) is 0 Å². The molecule has 0 rings (SSSR count). The van der Waals surface area contributed by atoms with Crippen molar-refractivity contribution in [3.63, 3.8) is 0 Å². The van der Waals surface area contributed by atoms with E-state index in [1.165, 1.54) is 24.9 Å². The van der Waals surface area contributed by atoms with Crippen LogP contribution in [-0.4, -0.2) is 17.4 Å². The minimum Gasteiger partial charge on any atom is -0.458 e. The topological polar surface area (TPSA) is 9.23 Å². The Hall–Kier alpha value is 0.394. The van der Waals surface area contributed by atoms with E-state index in [4.69, 9.17) is 4.12 Å². The maximum Gasteiger partial charge on any atom is 0.170 e. The molecule has 0 aliphatic heterocycles. The molecule has 0 unspecified atom stereocenters. The van der Waals surface area contributed by atoms with Gasteiger partial charge in [-0.1, -0.05) is 26.7 Å². The molecule has 0 heterocycles. The second-order valence-electron chi connectivity index (χ2n) is 4.43. The standard InChI is InChI=1S/C9H24OSi2/c1-6-8-11(9-7-2)10-12(3,4)5/h11H,6-9H2,1-5H3. The van der Waals surface area contributed by atoms with Crippen molar-refractivity contribution in [1.82, 2.24) is 0 Å². The van der Waals surface area contributed by atoms with Crippen LogP contribution in [0, 0.1) is 0 Å². The fourth-order valence-electron chi connectivity index (χ4n) is 1.41. The molecular formula is C9H24OSi2. The maximum atomic E-state index is 6.20. The molecule has 0 saturated heterocycles. The van der Waals surface area contributed by atoms with Gasteiger partial charge >= 0.3 is 0 Å². The molecule has 1 nitrogen and oxygen atoms in total. The molecule has 0 aromatic carbocycles. The summed E-state index contributed by atoms with van der Waals surface area (Å²) in [6.07, 6.45) is 2.61. The van der Waals surface area contributed by atoms with E-state index in [-0.39, 0.29) is 0 Å². The Bertz CT molecular complexity index is 104. The zero-order chi connectivity index (χ0) is 9.61. The molecule has 3 heteroatoms. The highest BCUT2D eigenvalue weighted by molar-refractivity contribution is 6.77. The third-order valence-corrected chi connectivity index (χ3v) is 8.35. The minimum atomic E-state index is -1.23. The van der Waals surface area contributed by atoms with Gasteiger partial charge in [-0.15, -0.1) is 0 Å². The van der Waals surface area contributed by atoms with Gasteiger partial charge in [0.2, 0.25) is 0 Å². The highest BCUT2D eigenvalue weighted by Crippen LogP contribution is 2.13. The molecule has 0 aliphatic rings. The van der Waals surface area contributed by atoms with Crippen molar-refractivity contribution in [1.29, 1.82) is 0 Å². The van der Waals surface area contributed by atoms with Crippen LogP contribution in [0.15, 0.2) is 0 Å². The van der Waals surface area contributed by atoms with Gasteiger partial charge < -0.3 is 4.12 Å². The first-order valence-electron chi connectivity index (χ1n) is 5.17. The third-order valence-electron chi connectivity index (χ3n) is 1.74. The smallest absolute Gasteiger partial charge is 0.170 e. The Balaban J connectivity index is 3.77. The summed E-state index contributed by atoms with van der Waals surface area (Å²) in [7, 11) is -2.03. The van der Waals surface area contributed by atoms with E-state index in [1.54, 1.807) is 0 Å². The first kappa shape index (κ1) is 12.4. The summed E-state index contributed by atoms with van der Waals surface area (Å²) >= 11 is 0. The van der Waals surface area contributed by atoms with E-state index < -0.39 is 17.4 Å². The molecule has 12 heavy (non-hydrogen) atoms. The molecule has 0 radical (unpaired) electrons. The van der Waals surface area contributed by atoms with E-state index in [2.05, 4.69) is 33.5 Å². The Morgan fingerprint density at radius 1 is 1.00 bits per heavy atom. The van der Waals surface area contributed by atoms with E-state index in [9.17, 15) is 0 Å². The molecule has 0 aliphatic carbocycles. The lowest BCUT2D eigenvalue weighted by atomic mass is 10.6. The van der Waals surface area contributed by atoms with Crippen molar-refractivity contribution < 1.29 is 4.12 Å². The van der Waals surface area contributed by atoms with Crippen LogP contribution in [0.3, 0.4) is 0 Å². The van der Waals surface area contributed by atoms with E-state index >= 15 is 0 Å². The second kappa shape index (κ2) is 5.94. The molecule has 74 valence electrons. The third kappa shape index (κ3) is 7.07. The second-order valence-corrected chi connectivity index (χ2v) is 12.0. The van der Waals surface area contributed by atoms with Gasteiger partial charge in [-0.25, -0.2) is 0 Å². The normalized spacial score (nSPS) is 12.5. The summed E-state index contributed by atoms with van der Waals surface area (Å²) in [5.74, 6) is 0. The van der Waals surface area contributed by atoms with Crippen LogP contribution < -0.4 is 0 Å². The highest BCUT2D eigenvalue weighted by Gasteiger charge is 2.20. The zero-order valence-electron chi connectivity index (χ0n) is 9.31.